The molecule has 0 saturated heterocycles. The molecule has 2 rings (SSSR count). The monoisotopic (exact) mass is 339 g/mol. The standard InChI is InChI=1S/C13H14BrN3O3/c1-10-15-6-8-16(10)7-3-9-20-13-11(14)4-2-5-12(13)17(18)19/h2,4-6,8H,3,7,9H2,1H3. The maximum atomic E-state index is 10.9. The summed E-state index contributed by atoms with van der Waals surface area (Å²) in [6.07, 6.45) is 4.39. The predicted molar refractivity (Wildman–Crippen MR) is 77.9 cm³/mol. The van der Waals surface area contributed by atoms with Gasteiger partial charge in [-0.25, -0.2) is 4.98 Å². The second kappa shape index (κ2) is 6.51. The number of rotatable bonds is 6. The van der Waals surface area contributed by atoms with E-state index >= 15 is 0 Å². The number of ether oxygens (including phenoxy) is 1. The van der Waals surface area contributed by atoms with Gasteiger partial charge in [-0.05, 0) is 35.3 Å². The first-order valence-corrected chi connectivity index (χ1v) is 6.92. The van der Waals surface area contributed by atoms with Crippen molar-refractivity contribution < 1.29 is 9.66 Å². The van der Waals surface area contributed by atoms with E-state index in [1.165, 1.54) is 6.07 Å². The summed E-state index contributed by atoms with van der Waals surface area (Å²) in [6.45, 7) is 3.10. The van der Waals surface area contributed by atoms with Gasteiger partial charge < -0.3 is 9.30 Å². The molecule has 0 aliphatic carbocycles. The topological polar surface area (TPSA) is 70.2 Å². The van der Waals surface area contributed by atoms with E-state index in [0.717, 1.165) is 18.8 Å². The highest BCUT2D eigenvalue weighted by molar-refractivity contribution is 9.10. The van der Waals surface area contributed by atoms with Gasteiger partial charge in [0.25, 0.3) is 0 Å². The van der Waals surface area contributed by atoms with Gasteiger partial charge in [-0.2, -0.15) is 0 Å². The Morgan fingerprint density at radius 3 is 2.95 bits per heavy atom. The summed E-state index contributed by atoms with van der Waals surface area (Å²) in [6, 6.07) is 4.77. The van der Waals surface area contributed by atoms with Crippen molar-refractivity contribution in [3.63, 3.8) is 0 Å². The quantitative estimate of drug-likeness (QED) is 0.459. The molecule has 1 aromatic carbocycles. The molecule has 0 amide bonds. The van der Waals surface area contributed by atoms with Crippen molar-refractivity contribution in [2.45, 2.75) is 19.9 Å². The van der Waals surface area contributed by atoms with Crippen molar-refractivity contribution in [1.29, 1.82) is 0 Å². The van der Waals surface area contributed by atoms with Crippen LogP contribution in [0.1, 0.15) is 12.2 Å². The summed E-state index contributed by atoms with van der Waals surface area (Å²) in [5, 5.41) is 10.9. The van der Waals surface area contributed by atoms with Crippen LogP contribution in [-0.4, -0.2) is 21.1 Å². The maximum absolute atomic E-state index is 10.9. The molecule has 20 heavy (non-hydrogen) atoms. The van der Waals surface area contributed by atoms with Crippen LogP contribution in [0.3, 0.4) is 0 Å². The molecule has 0 N–H and O–H groups in total. The van der Waals surface area contributed by atoms with E-state index in [-0.39, 0.29) is 11.4 Å². The Morgan fingerprint density at radius 2 is 2.30 bits per heavy atom. The minimum Gasteiger partial charge on any atom is -0.486 e. The average molecular weight is 340 g/mol. The second-order valence-electron chi connectivity index (χ2n) is 4.22. The zero-order valence-corrected chi connectivity index (χ0v) is 12.5. The Labute approximate surface area is 124 Å². The molecule has 0 aliphatic rings. The molecule has 6 nitrogen and oxygen atoms in total. The van der Waals surface area contributed by atoms with Gasteiger partial charge in [-0.15, -0.1) is 0 Å². The zero-order chi connectivity index (χ0) is 14.5. The lowest BCUT2D eigenvalue weighted by Crippen LogP contribution is -2.06. The van der Waals surface area contributed by atoms with Crippen molar-refractivity contribution in [3.8, 4) is 5.75 Å². The Morgan fingerprint density at radius 1 is 1.50 bits per heavy atom. The van der Waals surface area contributed by atoms with Gasteiger partial charge in [0.2, 0.25) is 5.75 Å². The lowest BCUT2D eigenvalue weighted by Gasteiger charge is -2.09. The van der Waals surface area contributed by atoms with Crippen molar-refractivity contribution in [2.24, 2.45) is 0 Å². The fourth-order valence-corrected chi connectivity index (χ4v) is 2.30. The molecule has 0 radical (unpaired) electrons. The molecule has 0 aliphatic heterocycles. The summed E-state index contributed by atoms with van der Waals surface area (Å²) in [5.74, 6) is 1.22. The lowest BCUT2D eigenvalue weighted by atomic mass is 10.3. The van der Waals surface area contributed by atoms with Crippen LogP contribution in [0.15, 0.2) is 35.1 Å². The number of aromatic nitrogens is 2. The van der Waals surface area contributed by atoms with Crippen molar-refractivity contribution in [2.75, 3.05) is 6.61 Å². The van der Waals surface area contributed by atoms with Gasteiger partial charge >= 0.3 is 5.69 Å². The Hall–Kier alpha value is -1.89. The molecule has 1 heterocycles. The van der Waals surface area contributed by atoms with Gasteiger partial charge in [-0.1, -0.05) is 6.07 Å². The van der Waals surface area contributed by atoms with Crippen LogP contribution in [0.2, 0.25) is 0 Å². The molecule has 2 aromatic rings. The number of nitro benzene ring substituents is 1. The van der Waals surface area contributed by atoms with Crippen LogP contribution in [0.5, 0.6) is 5.75 Å². The number of imidazole rings is 1. The molecular weight excluding hydrogens is 326 g/mol. The molecule has 106 valence electrons. The first-order valence-electron chi connectivity index (χ1n) is 6.13. The molecular formula is C13H14BrN3O3. The first kappa shape index (κ1) is 14.5. The molecule has 0 bridgehead atoms. The third-order valence-corrected chi connectivity index (χ3v) is 3.48. The number of nitro groups is 1. The Bertz CT molecular complexity index is 613. The number of aryl methyl sites for hydroxylation is 2. The number of hydrogen-bond acceptors (Lipinski definition) is 4. The van der Waals surface area contributed by atoms with E-state index in [9.17, 15) is 10.1 Å². The van der Waals surface area contributed by atoms with Gasteiger partial charge in [0.1, 0.15) is 5.82 Å². The van der Waals surface area contributed by atoms with E-state index in [2.05, 4.69) is 20.9 Å². The van der Waals surface area contributed by atoms with Crippen molar-refractivity contribution in [1.82, 2.24) is 9.55 Å². The van der Waals surface area contributed by atoms with Crippen LogP contribution < -0.4 is 4.74 Å². The highest BCUT2D eigenvalue weighted by Gasteiger charge is 2.17. The summed E-state index contributed by atoms with van der Waals surface area (Å²) in [4.78, 5) is 14.6. The van der Waals surface area contributed by atoms with Crippen LogP contribution in [-0.2, 0) is 6.54 Å². The third kappa shape index (κ3) is 3.36. The summed E-state index contributed by atoms with van der Waals surface area (Å²) in [5.41, 5.74) is -0.0295. The molecule has 0 fully saturated rings. The maximum Gasteiger partial charge on any atom is 0.312 e. The van der Waals surface area contributed by atoms with Gasteiger partial charge in [0.15, 0.2) is 0 Å². The Kier molecular flexibility index (Phi) is 4.73. The van der Waals surface area contributed by atoms with E-state index < -0.39 is 4.92 Å². The molecule has 0 unspecified atom stereocenters. The lowest BCUT2D eigenvalue weighted by molar-refractivity contribution is -0.386. The van der Waals surface area contributed by atoms with Gasteiger partial charge in [0, 0.05) is 25.0 Å². The number of benzene rings is 1. The van der Waals surface area contributed by atoms with E-state index in [0.29, 0.717) is 11.1 Å². The molecule has 0 saturated carbocycles. The highest BCUT2D eigenvalue weighted by atomic mass is 79.9. The molecule has 0 spiro atoms. The number of nitrogens with zero attached hydrogens (tertiary/aromatic N) is 3. The molecule has 0 atom stereocenters. The van der Waals surface area contributed by atoms with Crippen LogP contribution in [0, 0.1) is 17.0 Å². The largest absolute Gasteiger partial charge is 0.486 e. The van der Waals surface area contributed by atoms with Crippen LogP contribution in [0.4, 0.5) is 5.69 Å². The third-order valence-electron chi connectivity index (χ3n) is 2.86. The predicted octanol–water partition coefficient (Wildman–Crippen LogP) is 3.33. The first-order chi connectivity index (χ1) is 9.59. The molecule has 7 heteroatoms. The smallest absolute Gasteiger partial charge is 0.312 e. The summed E-state index contributed by atoms with van der Waals surface area (Å²) >= 11 is 3.27. The minimum atomic E-state index is -0.444. The summed E-state index contributed by atoms with van der Waals surface area (Å²) in [7, 11) is 0. The highest BCUT2D eigenvalue weighted by Crippen LogP contribution is 2.34. The second-order valence-corrected chi connectivity index (χ2v) is 5.07. The zero-order valence-electron chi connectivity index (χ0n) is 11.0. The van der Waals surface area contributed by atoms with Crippen molar-refractivity contribution >= 4 is 21.6 Å². The van der Waals surface area contributed by atoms with E-state index in [1.54, 1.807) is 18.3 Å². The van der Waals surface area contributed by atoms with Gasteiger partial charge in [0.05, 0.1) is 16.0 Å². The number of halogens is 1. The Balaban J connectivity index is 1.94. The van der Waals surface area contributed by atoms with E-state index in [4.69, 9.17) is 4.74 Å². The normalized spacial score (nSPS) is 10.5. The fourth-order valence-electron chi connectivity index (χ4n) is 1.83. The summed E-state index contributed by atoms with van der Waals surface area (Å²) < 4.78 is 8.15. The average Bonchev–Trinajstić information content (AvgIpc) is 2.81. The van der Waals surface area contributed by atoms with Gasteiger partial charge in [-0.3, -0.25) is 10.1 Å². The SMILES string of the molecule is Cc1nccn1CCCOc1c(Br)cccc1[N+](=O)[O-]. The number of para-hydroxylation sites is 1. The molecule has 1 aromatic heterocycles. The number of hydrogen-bond donors (Lipinski definition) is 0. The van der Waals surface area contributed by atoms with E-state index in [1.807, 2.05) is 17.7 Å². The van der Waals surface area contributed by atoms with Crippen LogP contribution in [0.25, 0.3) is 0 Å². The van der Waals surface area contributed by atoms with Crippen molar-refractivity contribution in [3.05, 3.63) is 51.0 Å². The fraction of sp³-hybridized carbons (Fsp3) is 0.308. The van der Waals surface area contributed by atoms with Crippen LogP contribution >= 0.6 is 15.9 Å². The minimum absolute atomic E-state index is 0.0295.